The first kappa shape index (κ1) is 11.7. The van der Waals surface area contributed by atoms with Gasteiger partial charge in [0.05, 0.1) is 0 Å². The summed E-state index contributed by atoms with van der Waals surface area (Å²) in [6.07, 6.45) is 4.76. The highest BCUT2D eigenvalue weighted by Gasteiger charge is 2.21. The van der Waals surface area contributed by atoms with E-state index in [2.05, 4.69) is 0 Å². The third kappa shape index (κ3) is 2.87. The molecule has 0 amide bonds. The number of benzene rings is 1. The summed E-state index contributed by atoms with van der Waals surface area (Å²) in [5, 5.41) is 8.64. The molecule has 0 fully saturated rings. The Balaban J connectivity index is 2.18. The lowest BCUT2D eigenvalue weighted by Crippen LogP contribution is -2.27. The van der Waals surface area contributed by atoms with Crippen LogP contribution in [0.3, 0.4) is 0 Å². The second kappa shape index (κ2) is 4.24. The Morgan fingerprint density at radius 3 is 2.88 bits per heavy atom. The molecule has 0 spiro atoms. The minimum atomic E-state index is -0.768. The molecule has 1 aromatic rings. The maximum Gasteiger partial charge on any atom is 0.303 e. The largest absolute Gasteiger partial charge is 0.483 e. The number of carbonyl (C=O) groups is 1. The molecular formula is C14H16O3. The van der Waals surface area contributed by atoms with Gasteiger partial charge in [-0.05, 0) is 44.0 Å². The van der Waals surface area contributed by atoms with E-state index < -0.39 is 5.97 Å². The summed E-state index contributed by atoms with van der Waals surface area (Å²) in [6, 6.07) is 5.83. The fourth-order valence-electron chi connectivity index (χ4n) is 1.84. The van der Waals surface area contributed by atoms with Crippen LogP contribution in [0.4, 0.5) is 0 Å². The average Bonchev–Trinajstić information content (AvgIpc) is 2.25. The van der Waals surface area contributed by atoms with E-state index in [1.165, 1.54) is 0 Å². The second-order valence-electron chi connectivity index (χ2n) is 4.80. The van der Waals surface area contributed by atoms with E-state index in [9.17, 15) is 4.79 Å². The predicted octanol–water partition coefficient (Wildman–Crippen LogP) is 2.89. The molecule has 1 aliphatic rings. The molecule has 1 N–H and O–H groups in total. The van der Waals surface area contributed by atoms with Crippen LogP contribution in [0.2, 0.25) is 0 Å². The Morgan fingerprint density at radius 2 is 2.18 bits per heavy atom. The van der Waals surface area contributed by atoms with Gasteiger partial charge in [0.2, 0.25) is 0 Å². The van der Waals surface area contributed by atoms with Crippen molar-refractivity contribution in [2.45, 2.75) is 32.3 Å². The van der Waals surface area contributed by atoms with E-state index in [1.807, 2.05) is 44.2 Å². The zero-order valence-corrected chi connectivity index (χ0v) is 10.1. The van der Waals surface area contributed by atoms with E-state index in [-0.39, 0.29) is 12.0 Å². The molecule has 3 heteroatoms. The molecule has 17 heavy (non-hydrogen) atoms. The van der Waals surface area contributed by atoms with Gasteiger partial charge in [-0.3, -0.25) is 4.79 Å². The first-order chi connectivity index (χ1) is 7.96. The molecule has 1 aromatic carbocycles. The van der Waals surface area contributed by atoms with Gasteiger partial charge in [0.25, 0.3) is 0 Å². The number of aryl methyl sites for hydroxylation is 1. The van der Waals surface area contributed by atoms with Crippen LogP contribution in [0, 0.1) is 0 Å². The predicted molar refractivity (Wildman–Crippen MR) is 66.1 cm³/mol. The number of carboxylic acids is 1. The Kier molecular flexibility index (Phi) is 2.92. The van der Waals surface area contributed by atoms with Crippen LogP contribution in [0.15, 0.2) is 24.3 Å². The molecular weight excluding hydrogens is 216 g/mol. The summed E-state index contributed by atoms with van der Waals surface area (Å²) in [5.41, 5.74) is 1.78. The van der Waals surface area contributed by atoms with Crippen molar-refractivity contribution in [3.8, 4) is 5.75 Å². The molecule has 1 heterocycles. The molecule has 2 rings (SSSR count). The highest BCUT2D eigenvalue weighted by atomic mass is 16.5. The third-order valence-corrected chi connectivity index (χ3v) is 2.74. The number of ether oxygens (including phenoxy) is 1. The van der Waals surface area contributed by atoms with Crippen molar-refractivity contribution in [2.75, 3.05) is 0 Å². The normalized spacial score (nSPS) is 16.1. The standard InChI is InChI=1S/C14H16O3/c1-14(2)8-7-11-9-10(4-6-13(15)16)3-5-12(11)17-14/h3,5,7-9H,4,6H2,1-2H3,(H,15,16). The van der Waals surface area contributed by atoms with Crippen LogP contribution in [0.1, 0.15) is 31.4 Å². The Bertz CT molecular complexity index is 472. The van der Waals surface area contributed by atoms with E-state index in [0.717, 1.165) is 16.9 Å². The molecule has 0 aromatic heterocycles. The lowest BCUT2D eigenvalue weighted by Gasteiger charge is -2.28. The Morgan fingerprint density at radius 1 is 1.41 bits per heavy atom. The van der Waals surface area contributed by atoms with Gasteiger partial charge in [-0.2, -0.15) is 0 Å². The van der Waals surface area contributed by atoms with Crippen molar-refractivity contribution in [1.29, 1.82) is 0 Å². The number of rotatable bonds is 3. The van der Waals surface area contributed by atoms with E-state index in [1.54, 1.807) is 0 Å². The summed E-state index contributed by atoms with van der Waals surface area (Å²) in [4.78, 5) is 10.5. The average molecular weight is 232 g/mol. The molecule has 0 unspecified atom stereocenters. The molecule has 0 saturated carbocycles. The van der Waals surface area contributed by atoms with Gasteiger partial charge in [-0.15, -0.1) is 0 Å². The summed E-state index contributed by atoms with van der Waals surface area (Å²) in [6.45, 7) is 4.01. The summed E-state index contributed by atoms with van der Waals surface area (Å²) in [7, 11) is 0. The van der Waals surface area contributed by atoms with E-state index >= 15 is 0 Å². The number of aliphatic carboxylic acids is 1. The zero-order valence-electron chi connectivity index (χ0n) is 10.1. The summed E-state index contributed by atoms with van der Waals surface area (Å²) in [5.74, 6) is 0.0900. The van der Waals surface area contributed by atoms with Crippen LogP contribution >= 0.6 is 0 Å². The molecule has 90 valence electrons. The number of fused-ring (bicyclic) bond motifs is 1. The highest BCUT2D eigenvalue weighted by molar-refractivity contribution is 5.67. The van der Waals surface area contributed by atoms with Gasteiger partial charge >= 0.3 is 5.97 Å². The Hall–Kier alpha value is -1.77. The zero-order chi connectivity index (χ0) is 12.5. The first-order valence-electron chi connectivity index (χ1n) is 5.69. The molecule has 1 aliphatic heterocycles. The monoisotopic (exact) mass is 232 g/mol. The number of carboxylic acid groups (broad SMARTS) is 1. The van der Waals surface area contributed by atoms with E-state index in [0.29, 0.717) is 6.42 Å². The summed E-state index contributed by atoms with van der Waals surface area (Å²) >= 11 is 0. The SMILES string of the molecule is CC1(C)C=Cc2cc(CCC(=O)O)ccc2O1. The van der Waals surface area contributed by atoms with Crippen LogP contribution < -0.4 is 4.74 Å². The van der Waals surface area contributed by atoms with E-state index in [4.69, 9.17) is 9.84 Å². The van der Waals surface area contributed by atoms with Gasteiger partial charge in [0.15, 0.2) is 0 Å². The maximum absolute atomic E-state index is 10.5. The number of hydrogen-bond acceptors (Lipinski definition) is 2. The van der Waals surface area contributed by atoms with Crippen molar-refractivity contribution >= 4 is 12.0 Å². The van der Waals surface area contributed by atoms with Crippen molar-refractivity contribution in [1.82, 2.24) is 0 Å². The van der Waals surface area contributed by atoms with Crippen molar-refractivity contribution in [3.05, 3.63) is 35.4 Å². The third-order valence-electron chi connectivity index (χ3n) is 2.74. The van der Waals surface area contributed by atoms with Crippen molar-refractivity contribution in [3.63, 3.8) is 0 Å². The smallest absolute Gasteiger partial charge is 0.303 e. The fourth-order valence-corrected chi connectivity index (χ4v) is 1.84. The van der Waals surface area contributed by atoms with Gasteiger partial charge in [0, 0.05) is 12.0 Å². The molecule has 0 bridgehead atoms. The van der Waals surface area contributed by atoms with Gasteiger partial charge in [0.1, 0.15) is 11.4 Å². The topological polar surface area (TPSA) is 46.5 Å². The molecule has 0 saturated heterocycles. The first-order valence-corrected chi connectivity index (χ1v) is 5.69. The van der Waals surface area contributed by atoms with Crippen LogP contribution in [-0.4, -0.2) is 16.7 Å². The van der Waals surface area contributed by atoms with Gasteiger partial charge in [-0.25, -0.2) is 0 Å². The van der Waals surface area contributed by atoms with Crippen LogP contribution in [0.25, 0.3) is 6.08 Å². The second-order valence-corrected chi connectivity index (χ2v) is 4.80. The van der Waals surface area contributed by atoms with Gasteiger partial charge < -0.3 is 9.84 Å². The molecule has 0 radical (unpaired) electrons. The maximum atomic E-state index is 10.5. The highest BCUT2D eigenvalue weighted by Crippen LogP contribution is 2.31. The quantitative estimate of drug-likeness (QED) is 0.871. The lowest BCUT2D eigenvalue weighted by molar-refractivity contribution is -0.136. The van der Waals surface area contributed by atoms with Crippen molar-refractivity contribution < 1.29 is 14.6 Å². The fraction of sp³-hybridized carbons (Fsp3) is 0.357. The lowest BCUT2D eigenvalue weighted by atomic mass is 9.99. The molecule has 0 aliphatic carbocycles. The van der Waals surface area contributed by atoms with Crippen molar-refractivity contribution in [2.24, 2.45) is 0 Å². The van der Waals surface area contributed by atoms with Crippen LogP contribution in [-0.2, 0) is 11.2 Å². The number of hydrogen-bond donors (Lipinski definition) is 1. The molecule has 3 nitrogen and oxygen atoms in total. The minimum Gasteiger partial charge on any atom is -0.483 e. The Labute approximate surface area is 101 Å². The molecule has 0 atom stereocenters. The summed E-state index contributed by atoms with van der Waals surface area (Å²) < 4.78 is 5.80. The minimum absolute atomic E-state index is 0.162. The van der Waals surface area contributed by atoms with Gasteiger partial charge in [-0.1, -0.05) is 12.1 Å². The van der Waals surface area contributed by atoms with Crippen LogP contribution in [0.5, 0.6) is 5.75 Å².